The number of non-ortho nitro benzene ring substituents is 1. The van der Waals surface area contributed by atoms with E-state index in [9.17, 15) is 15.2 Å². The van der Waals surface area contributed by atoms with Gasteiger partial charge in [0.15, 0.2) is 11.5 Å². The van der Waals surface area contributed by atoms with Crippen LogP contribution in [0.15, 0.2) is 71.7 Å². The first kappa shape index (κ1) is 22.0. The van der Waals surface area contributed by atoms with Crippen molar-refractivity contribution in [2.75, 3.05) is 14.2 Å². The van der Waals surface area contributed by atoms with E-state index < -0.39 is 4.92 Å². The number of hydrogen-bond donors (Lipinski definition) is 1. The smallest absolute Gasteiger partial charge is 0.269 e. The number of nitro benzene ring substituents is 1. The number of aliphatic imine (C=N–C) groups is 1. The van der Waals surface area contributed by atoms with Crippen LogP contribution in [0.1, 0.15) is 5.56 Å². The summed E-state index contributed by atoms with van der Waals surface area (Å²) in [5, 5.41) is 21.8. The molecule has 0 aliphatic carbocycles. The van der Waals surface area contributed by atoms with Crippen molar-refractivity contribution in [3.05, 3.63) is 82.4 Å². The lowest BCUT2D eigenvalue weighted by molar-refractivity contribution is -0.384. The Hall–Kier alpha value is -4.24. The Morgan fingerprint density at radius 1 is 1.00 bits per heavy atom. The largest absolute Gasteiger partial charge is 0.504 e. The van der Waals surface area contributed by atoms with Crippen LogP contribution in [0.25, 0.3) is 21.7 Å². The highest BCUT2D eigenvalue weighted by atomic mass is 32.1. The monoisotopic (exact) mass is 461 g/mol. The number of aromatic nitrogens is 1. The molecule has 0 spiro atoms. The minimum atomic E-state index is -0.433. The van der Waals surface area contributed by atoms with Crippen molar-refractivity contribution in [2.45, 2.75) is 0 Å². The molecule has 0 aliphatic rings. The first-order chi connectivity index (χ1) is 16.0. The fourth-order valence-corrected chi connectivity index (χ4v) is 4.11. The van der Waals surface area contributed by atoms with Crippen molar-refractivity contribution < 1.29 is 19.5 Å². The number of para-hydroxylation sites is 1. The zero-order valence-corrected chi connectivity index (χ0v) is 18.6. The molecule has 9 heteroatoms. The van der Waals surface area contributed by atoms with E-state index in [4.69, 9.17) is 14.5 Å². The van der Waals surface area contributed by atoms with Gasteiger partial charge in [-0.3, -0.25) is 10.1 Å². The fraction of sp³-hybridized carbons (Fsp3) is 0.0833. The summed E-state index contributed by atoms with van der Waals surface area (Å²) < 4.78 is 10.4. The summed E-state index contributed by atoms with van der Waals surface area (Å²) in [4.78, 5) is 20.6. The summed E-state index contributed by atoms with van der Waals surface area (Å²) in [6.45, 7) is 0. The number of phenolic OH excluding ortho intramolecular Hbond substituents is 1. The Labute approximate surface area is 193 Å². The molecule has 0 atom stereocenters. The molecule has 4 aromatic rings. The van der Waals surface area contributed by atoms with Crippen LogP contribution in [0.4, 0.5) is 10.8 Å². The van der Waals surface area contributed by atoms with Crippen LogP contribution in [0.5, 0.6) is 17.2 Å². The standard InChI is InChI=1S/C24H19N3O5S/c1-31-19-12-8-15(9-13-19)21-23(16-6-10-18(11-7-16)27(29)30)33-24(26-21)25-14-17-4-3-5-20(32-2)22(17)28/h3-14,28H,1-2H3. The molecule has 0 unspecified atom stereocenters. The molecule has 1 N–H and O–H groups in total. The number of thiazole rings is 1. The van der Waals surface area contributed by atoms with E-state index >= 15 is 0 Å². The molecule has 0 aliphatic heterocycles. The fourth-order valence-electron chi connectivity index (χ4n) is 3.17. The number of phenols is 1. The van der Waals surface area contributed by atoms with Crippen LogP contribution >= 0.6 is 11.3 Å². The van der Waals surface area contributed by atoms with Gasteiger partial charge in [-0.2, -0.15) is 0 Å². The number of rotatable bonds is 7. The van der Waals surface area contributed by atoms with E-state index in [1.165, 1.54) is 36.8 Å². The van der Waals surface area contributed by atoms with Crippen LogP contribution in [-0.4, -0.2) is 35.4 Å². The molecule has 0 radical (unpaired) electrons. The lowest BCUT2D eigenvalue weighted by Crippen LogP contribution is -1.88. The third kappa shape index (κ3) is 4.68. The van der Waals surface area contributed by atoms with Gasteiger partial charge in [0.05, 0.1) is 29.7 Å². The van der Waals surface area contributed by atoms with Crippen molar-refractivity contribution >= 4 is 28.4 Å². The molecule has 33 heavy (non-hydrogen) atoms. The van der Waals surface area contributed by atoms with Crippen LogP contribution in [0.2, 0.25) is 0 Å². The van der Waals surface area contributed by atoms with E-state index in [1.54, 1.807) is 37.4 Å². The number of hydrogen-bond acceptors (Lipinski definition) is 8. The second kappa shape index (κ2) is 9.49. The van der Waals surface area contributed by atoms with Crippen LogP contribution in [0, 0.1) is 10.1 Å². The number of benzene rings is 3. The Bertz CT molecular complexity index is 1320. The van der Waals surface area contributed by atoms with Crippen LogP contribution in [-0.2, 0) is 0 Å². The van der Waals surface area contributed by atoms with Gasteiger partial charge in [0.2, 0.25) is 5.13 Å². The summed E-state index contributed by atoms with van der Waals surface area (Å²) in [6.07, 6.45) is 1.52. The Morgan fingerprint density at radius 3 is 2.33 bits per heavy atom. The Balaban J connectivity index is 1.77. The molecular formula is C24H19N3O5S. The normalized spacial score (nSPS) is 11.0. The van der Waals surface area contributed by atoms with E-state index in [1.807, 2.05) is 24.3 Å². The first-order valence-electron chi connectivity index (χ1n) is 9.80. The second-order valence-corrected chi connectivity index (χ2v) is 7.84. The number of nitro groups is 1. The van der Waals surface area contributed by atoms with Gasteiger partial charge in [-0.15, -0.1) is 0 Å². The minimum Gasteiger partial charge on any atom is -0.504 e. The third-order valence-electron chi connectivity index (χ3n) is 4.88. The highest BCUT2D eigenvalue weighted by Crippen LogP contribution is 2.41. The van der Waals surface area contributed by atoms with Gasteiger partial charge in [0.1, 0.15) is 5.75 Å². The molecule has 1 aromatic heterocycles. The van der Waals surface area contributed by atoms with E-state index in [-0.39, 0.29) is 11.4 Å². The van der Waals surface area contributed by atoms with Crippen molar-refractivity contribution in [1.29, 1.82) is 0 Å². The molecule has 166 valence electrons. The number of methoxy groups -OCH3 is 2. The van der Waals surface area contributed by atoms with Gasteiger partial charge in [-0.25, -0.2) is 9.98 Å². The van der Waals surface area contributed by atoms with E-state index in [0.29, 0.717) is 22.1 Å². The van der Waals surface area contributed by atoms with Gasteiger partial charge in [-0.1, -0.05) is 17.4 Å². The maximum Gasteiger partial charge on any atom is 0.269 e. The van der Waals surface area contributed by atoms with Gasteiger partial charge in [0, 0.05) is 29.5 Å². The molecule has 0 saturated carbocycles. The highest BCUT2D eigenvalue weighted by Gasteiger charge is 2.16. The molecule has 1 heterocycles. The summed E-state index contributed by atoms with van der Waals surface area (Å²) in [7, 11) is 3.08. The lowest BCUT2D eigenvalue weighted by Gasteiger charge is -2.04. The summed E-state index contributed by atoms with van der Waals surface area (Å²) in [5.74, 6) is 1.06. The second-order valence-electron chi connectivity index (χ2n) is 6.86. The van der Waals surface area contributed by atoms with Crippen molar-refractivity contribution in [1.82, 2.24) is 4.98 Å². The SMILES string of the molecule is COc1ccc(-c2nc(N=Cc3cccc(OC)c3O)sc2-c2ccc([N+](=O)[O-])cc2)cc1. The summed E-state index contributed by atoms with van der Waals surface area (Å²) in [5.41, 5.74) is 2.84. The highest BCUT2D eigenvalue weighted by molar-refractivity contribution is 7.19. The number of nitrogens with zero attached hydrogens (tertiary/aromatic N) is 3. The molecule has 0 saturated heterocycles. The maximum absolute atomic E-state index is 11.0. The molecule has 0 amide bonds. The Morgan fingerprint density at radius 2 is 1.70 bits per heavy atom. The van der Waals surface area contributed by atoms with Gasteiger partial charge >= 0.3 is 0 Å². The number of aromatic hydroxyl groups is 1. The quantitative estimate of drug-likeness (QED) is 0.210. The van der Waals surface area contributed by atoms with Gasteiger partial charge in [-0.05, 0) is 54.1 Å². The van der Waals surface area contributed by atoms with Crippen molar-refractivity contribution in [3.63, 3.8) is 0 Å². The molecule has 0 bridgehead atoms. The van der Waals surface area contributed by atoms with Gasteiger partial charge < -0.3 is 14.6 Å². The van der Waals surface area contributed by atoms with E-state index in [0.717, 1.165) is 21.8 Å². The summed E-state index contributed by atoms with van der Waals surface area (Å²) in [6, 6.07) is 18.9. The predicted molar refractivity (Wildman–Crippen MR) is 128 cm³/mol. The summed E-state index contributed by atoms with van der Waals surface area (Å²) >= 11 is 1.34. The maximum atomic E-state index is 11.0. The predicted octanol–water partition coefficient (Wildman–Crippen LogP) is 5.86. The molecular weight excluding hydrogens is 442 g/mol. The molecule has 3 aromatic carbocycles. The van der Waals surface area contributed by atoms with Crippen LogP contribution in [0.3, 0.4) is 0 Å². The van der Waals surface area contributed by atoms with E-state index in [2.05, 4.69) is 4.99 Å². The average molecular weight is 461 g/mol. The third-order valence-corrected chi connectivity index (χ3v) is 5.90. The Kier molecular flexibility index (Phi) is 6.32. The van der Waals surface area contributed by atoms with Crippen molar-refractivity contribution in [3.8, 4) is 38.9 Å². The number of ether oxygens (including phenoxy) is 2. The van der Waals surface area contributed by atoms with Gasteiger partial charge in [0.25, 0.3) is 5.69 Å². The zero-order chi connectivity index (χ0) is 23.4. The molecule has 0 fully saturated rings. The zero-order valence-electron chi connectivity index (χ0n) is 17.8. The molecule has 4 rings (SSSR count). The first-order valence-corrected chi connectivity index (χ1v) is 10.6. The topological polar surface area (TPSA) is 107 Å². The minimum absolute atomic E-state index is 0.00808. The van der Waals surface area contributed by atoms with Crippen molar-refractivity contribution in [2.24, 2.45) is 4.99 Å². The van der Waals surface area contributed by atoms with Crippen LogP contribution < -0.4 is 9.47 Å². The molecule has 8 nitrogen and oxygen atoms in total. The lowest BCUT2D eigenvalue weighted by atomic mass is 10.1. The average Bonchev–Trinajstić information content (AvgIpc) is 3.28.